The van der Waals surface area contributed by atoms with Gasteiger partial charge in [0, 0.05) is 6.61 Å². The van der Waals surface area contributed by atoms with Gasteiger partial charge >= 0.3 is 0 Å². The van der Waals surface area contributed by atoms with Crippen molar-refractivity contribution in [2.24, 2.45) is 5.92 Å². The summed E-state index contributed by atoms with van der Waals surface area (Å²) >= 11 is 0. The van der Waals surface area contributed by atoms with Crippen LogP contribution in [0.4, 0.5) is 0 Å². The van der Waals surface area contributed by atoms with Crippen molar-refractivity contribution in [2.75, 3.05) is 19.8 Å². The molecule has 94 valence electrons. The summed E-state index contributed by atoms with van der Waals surface area (Å²) in [6, 6.07) is 5.53. The lowest BCUT2D eigenvalue weighted by Crippen LogP contribution is -2.11. The Morgan fingerprint density at radius 1 is 1.29 bits per heavy atom. The fourth-order valence-corrected chi connectivity index (χ4v) is 1.49. The highest BCUT2D eigenvalue weighted by Crippen LogP contribution is 2.21. The van der Waals surface area contributed by atoms with E-state index in [0.29, 0.717) is 30.4 Å². The molecule has 0 heterocycles. The van der Waals surface area contributed by atoms with E-state index in [4.69, 9.17) is 9.47 Å². The molecule has 0 aromatic heterocycles. The maximum atomic E-state index is 10.8. The topological polar surface area (TPSA) is 35.5 Å². The molecule has 3 heteroatoms. The van der Waals surface area contributed by atoms with Crippen molar-refractivity contribution >= 4 is 6.29 Å². The zero-order valence-corrected chi connectivity index (χ0v) is 10.7. The molecule has 17 heavy (non-hydrogen) atoms. The first-order valence-corrected chi connectivity index (χ1v) is 5.90. The third-order valence-corrected chi connectivity index (χ3v) is 2.29. The second-order valence-electron chi connectivity index (χ2n) is 4.43. The fourth-order valence-electron chi connectivity index (χ4n) is 1.49. The minimum Gasteiger partial charge on any atom is -0.490 e. The van der Waals surface area contributed by atoms with E-state index in [1.165, 1.54) is 0 Å². The minimum atomic E-state index is 0.471. The molecule has 0 saturated carbocycles. The fraction of sp³-hybridized carbons (Fsp3) is 0.500. The predicted molar refractivity (Wildman–Crippen MR) is 67.7 cm³/mol. The van der Waals surface area contributed by atoms with E-state index in [1.807, 2.05) is 19.1 Å². The second-order valence-corrected chi connectivity index (χ2v) is 4.43. The number of para-hydroxylation sites is 1. The molecule has 0 spiro atoms. The summed E-state index contributed by atoms with van der Waals surface area (Å²) in [5.41, 5.74) is 1.56. The van der Waals surface area contributed by atoms with Gasteiger partial charge in [0.1, 0.15) is 12.4 Å². The van der Waals surface area contributed by atoms with Crippen molar-refractivity contribution < 1.29 is 14.3 Å². The van der Waals surface area contributed by atoms with E-state index < -0.39 is 0 Å². The molecule has 0 aliphatic carbocycles. The number of hydrogen-bond acceptors (Lipinski definition) is 3. The number of aryl methyl sites for hydroxylation is 1. The Labute approximate surface area is 103 Å². The first-order chi connectivity index (χ1) is 8.15. The van der Waals surface area contributed by atoms with Gasteiger partial charge in [-0.2, -0.15) is 0 Å². The molecule has 0 aliphatic heterocycles. The number of hydrogen-bond donors (Lipinski definition) is 0. The molecule has 3 nitrogen and oxygen atoms in total. The SMILES string of the molecule is Cc1cccc(C=O)c1OCCOCC(C)C. The number of aldehydes is 1. The van der Waals surface area contributed by atoms with Gasteiger partial charge in [-0.1, -0.05) is 26.0 Å². The van der Waals surface area contributed by atoms with Crippen LogP contribution in [0.2, 0.25) is 0 Å². The largest absolute Gasteiger partial charge is 0.490 e. The minimum absolute atomic E-state index is 0.471. The maximum Gasteiger partial charge on any atom is 0.153 e. The molecule has 1 aromatic rings. The Morgan fingerprint density at radius 3 is 2.71 bits per heavy atom. The zero-order valence-electron chi connectivity index (χ0n) is 10.7. The third kappa shape index (κ3) is 4.57. The van der Waals surface area contributed by atoms with Crippen molar-refractivity contribution in [3.05, 3.63) is 29.3 Å². The van der Waals surface area contributed by atoms with Gasteiger partial charge in [0.25, 0.3) is 0 Å². The first kappa shape index (κ1) is 13.7. The monoisotopic (exact) mass is 236 g/mol. The van der Waals surface area contributed by atoms with Crippen LogP contribution in [0.3, 0.4) is 0 Å². The summed E-state index contributed by atoms with van der Waals surface area (Å²) in [6.45, 7) is 7.89. The number of benzene rings is 1. The second kappa shape index (κ2) is 7.07. The van der Waals surface area contributed by atoms with Crippen LogP contribution >= 0.6 is 0 Å². The van der Waals surface area contributed by atoms with E-state index in [-0.39, 0.29) is 0 Å². The average Bonchev–Trinajstić information content (AvgIpc) is 2.30. The maximum absolute atomic E-state index is 10.8. The molecule has 1 rings (SSSR count). The van der Waals surface area contributed by atoms with Crippen LogP contribution in [0.1, 0.15) is 29.8 Å². The standard InChI is InChI=1S/C14H20O3/c1-11(2)10-16-7-8-17-14-12(3)5-4-6-13(14)9-15/h4-6,9,11H,7-8,10H2,1-3H3. The summed E-state index contributed by atoms with van der Waals surface area (Å²) < 4.78 is 11.0. The van der Waals surface area contributed by atoms with Crippen LogP contribution in [-0.2, 0) is 4.74 Å². The Morgan fingerprint density at radius 2 is 2.06 bits per heavy atom. The molecule has 0 amide bonds. The van der Waals surface area contributed by atoms with Crippen LogP contribution < -0.4 is 4.74 Å². The van der Waals surface area contributed by atoms with Crippen molar-refractivity contribution in [3.63, 3.8) is 0 Å². The number of carbonyl (C=O) groups excluding carboxylic acids is 1. The third-order valence-electron chi connectivity index (χ3n) is 2.29. The molecule has 1 aromatic carbocycles. The zero-order chi connectivity index (χ0) is 12.7. The van der Waals surface area contributed by atoms with E-state index >= 15 is 0 Å². The summed E-state index contributed by atoms with van der Waals surface area (Å²) in [5.74, 6) is 1.19. The van der Waals surface area contributed by atoms with Gasteiger partial charge in [0.2, 0.25) is 0 Å². The van der Waals surface area contributed by atoms with Gasteiger partial charge in [-0.3, -0.25) is 4.79 Å². The van der Waals surface area contributed by atoms with Crippen molar-refractivity contribution in [1.82, 2.24) is 0 Å². The summed E-state index contributed by atoms with van der Waals surface area (Å²) in [4.78, 5) is 10.8. The molecule has 0 radical (unpaired) electrons. The molecule has 0 fully saturated rings. The van der Waals surface area contributed by atoms with Crippen LogP contribution in [0, 0.1) is 12.8 Å². The molecule has 0 atom stereocenters. The molecule has 0 unspecified atom stereocenters. The van der Waals surface area contributed by atoms with E-state index in [0.717, 1.165) is 18.5 Å². The number of ether oxygens (including phenoxy) is 2. The highest BCUT2D eigenvalue weighted by Gasteiger charge is 2.05. The Bertz CT molecular complexity index is 358. The summed E-state index contributed by atoms with van der Waals surface area (Å²) in [7, 11) is 0. The highest BCUT2D eigenvalue weighted by molar-refractivity contribution is 5.80. The molecular weight excluding hydrogens is 216 g/mol. The van der Waals surface area contributed by atoms with Gasteiger partial charge in [0.15, 0.2) is 6.29 Å². The van der Waals surface area contributed by atoms with Crippen LogP contribution in [0.15, 0.2) is 18.2 Å². The highest BCUT2D eigenvalue weighted by atomic mass is 16.5. The molecule has 0 bridgehead atoms. The van der Waals surface area contributed by atoms with Crippen molar-refractivity contribution in [2.45, 2.75) is 20.8 Å². The van der Waals surface area contributed by atoms with Crippen LogP contribution in [0.25, 0.3) is 0 Å². The summed E-state index contributed by atoms with van der Waals surface area (Å²) in [5, 5.41) is 0. The Kier molecular flexibility index (Phi) is 5.70. The lowest BCUT2D eigenvalue weighted by Gasteiger charge is -2.12. The van der Waals surface area contributed by atoms with E-state index in [2.05, 4.69) is 13.8 Å². The average molecular weight is 236 g/mol. The quantitative estimate of drug-likeness (QED) is 0.539. The molecular formula is C14H20O3. The number of carbonyl (C=O) groups is 1. The number of rotatable bonds is 7. The predicted octanol–water partition coefficient (Wildman–Crippen LogP) is 2.86. The van der Waals surface area contributed by atoms with Crippen LogP contribution in [-0.4, -0.2) is 26.1 Å². The molecule has 0 N–H and O–H groups in total. The smallest absolute Gasteiger partial charge is 0.153 e. The van der Waals surface area contributed by atoms with Crippen molar-refractivity contribution in [3.8, 4) is 5.75 Å². The summed E-state index contributed by atoms with van der Waals surface area (Å²) in [6.07, 6.45) is 0.817. The van der Waals surface area contributed by atoms with Gasteiger partial charge in [0.05, 0.1) is 12.2 Å². The van der Waals surface area contributed by atoms with Gasteiger partial charge in [-0.25, -0.2) is 0 Å². The molecule has 0 saturated heterocycles. The molecule has 0 aliphatic rings. The van der Waals surface area contributed by atoms with Crippen molar-refractivity contribution in [1.29, 1.82) is 0 Å². The van der Waals surface area contributed by atoms with Gasteiger partial charge < -0.3 is 9.47 Å². The lowest BCUT2D eigenvalue weighted by molar-refractivity contribution is 0.0812. The van der Waals surface area contributed by atoms with Gasteiger partial charge in [-0.15, -0.1) is 0 Å². The van der Waals surface area contributed by atoms with E-state index in [1.54, 1.807) is 6.07 Å². The van der Waals surface area contributed by atoms with Crippen LogP contribution in [0.5, 0.6) is 5.75 Å². The normalized spacial score (nSPS) is 10.6. The first-order valence-electron chi connectivity index (χ1n) is 5.90. The van der Waals surface area contributed by atoms with Gasteiger partial charge in [-0.05, 0) is 24.5 Å². The lowest BCUT2D eigenvalue weighted by atomic mass is 10.1. The van der Waals surface area contributed by atoms with E-state index in [9.17, 15) is 4.79 Å². The Balaban J connectivity index is 2.43. The Hall–Kier alpha value is -1.35.